The highest BCUT2D eigenvalue weighted by atomic mass is 32.2. The maximum absolute atomic E-state index is 12.5. The predicted molar refractivity (Wildman–Crippen MR) is 66.3 cm³/mol. The highest BCUT2D eigenvalue weighted by Crippen LogP contribution is 2.31. The van der Waals surface area contributed by atoms with Crippen molar-refractivity contribution in [3.8, 4) is 0 Å². The minimum atomic E-state index is -4.28. The SMILES string of the molecule is FC(F)(F)c1cccc(CSc2cc[c]cc2)c1. The summed E-state index contributed by atoms with van der Waals surface area (Å²) in [5.41, 5.74) is 0.0738. The molecule has 2 rings (SSSR count). The summed E-state index contributed by atoms with van der Waals surface area (Å²) in [7, 11) is 0. The van der Waals surface area contributed by atoms with E-state index in [1.807, 2.05) is 12.1 Å². The van der Waals surface area contributed by atoms with Crippen LogP contribution in [0.5, 0.6) is 0 Å². The second-order valence-corrected chi connectivity index (χ2v) is 4.77. The molecule has 0 N–H and O–H groups in total. The molecule has 0 heterocycles. The Morgan fingerprint density at radius 2 is 1.78 bits per heavy atom. The van der Waals surface area contributed by atoms with Gasteiger partial charge in [0.25, 0.3) is 0 Å². The number of benzene rings is 2. The molecule has 0 amide bonds. The number of hydrogen-bond acceptors (Lipinski definition) is 1. The molecule has 0 spiro atoms. The molecule has 0 aliphatic carbocycles. The minimum absolute atomic E-state index is 0.522. The summed E-state index contributed by atoms with van der Waals surface area (Å²) in [6, 6.07) is 15.7. The Kier molecular flexibility index (Phi) is 3.97. The number of thioether (sulfide) groups is 1. The third-order valence-electron chi connectivity index (χ3n) is 2.35. The standard InChI is InChI=1S/C14H10F3S/c15-14(16,17)12-6-4-5-11(9-12)10-18-13-7-2-1-3-8-13/h2-9H,10H2. The lowest BCUT2D eigenvalue weighted by atomic mass is 10.1. The summed E-state index contributed by atoms with van der Waals surface area (Å²) in [5.74, 6) is 0.522. The Morgan fingerprint density at radius 3 is 2.44 bits per heavy atom. The maximum atomic E-state index is 12.5. The van der Waals surface area contributed by atoms with Gasteiger partial charge in [0.05, 0.1) is 5.56 Å². The summed E-state index contributed by atoms with van der Waals surface area (Å²) >= 11 is 1.51. The molecule has 0 aliphatic heterocycles. The van der Waals surface area contributed by atoms with E-state index in [2.05, 4.69) is 6.07 Å². The quantitative estimate of drug-likeness (QED) is 0.720. The molecule has 0 atom stereocenters. The first-order chi connectivity index (χ1) is 8.55. The highest BCUT2D eigenvalue weighted by molar-refractivity contribution is 7.98. The Labute approximate surface area is 108 Å². The van der Waals surface area contributed by atoms with Gasteiger partial charge in [-0.3, -0.25) is 0 Å². The zero-order valence-electron chi connectivity index (χ0n) is 9.37. The van der Waals surface area contributed by atoms with Crippen molar-refractivity contribution in [1.29, 1.82) is 0 Å². The van der Waals surface area contributed by atoms with Gasteiger partial charge in [-0.15, -0.1) is 11.8 Å². The number of hydrogen-bond donors (Lipinski definition) is 0. The maximum Gasteiger partial charge on any atom is 0.416 e. The topological polar surface area (TPSA) is 0 Å². The van der Waals surface area contributed by atoms with Gasteiger partial charge < -0.3 is 0 Å². The van der Waals surface area contributed by atoms with E-state index in [1.54, 1.807) is 18.2 Å². The van der Waals surface area contributed by atoms with Gasteiger partial charge in [-0.2, -0.15) is 13.2 Å². The van der Waals surface area contributed by atoms with E-state index in [-0.39, 0.29) is 0 Å². The molecular formula is C14H10F3S. The van der Waals surface area contributed by atoms with Crippen LogP contribution in [0.25, 0.3) is 0 Å². The van der Waals surface area contributed by atoms with Crippen LogP contribution in [0.4, 0.5) is 13.2 Å². The van der Waals surface area contributed by atoms with Crippen LogP contribution in [0, 0.1) is 6.07 Å². The van der Waals surface area contributed by atoms with Crippen LogP contribution in [-0.2, 0) is 11.9 Å². The van der Waals surface area contributed by atoms with Gasteiger partial charge in [-0.25, -0.2) is 0 Å². The number of rotatable bonds is 3. The third-order valence-corrected chi connectivity index (χ3v) is 3.43. The van der Waals surface area contributed by atoms with Crippen molar-refractivity contribution in [3.05, 3.63) is 65.7 Å². The minimum Gasteiger partial charge on any atom is -0.166 e. The fourth-order valence-corrected chi connectivity index (χ4v) is 2.31. The van der Waals surface area contributed by atoms with Crippen LogP contribution in [0.3, 0.4) is 0 Å². The van der Waals surface area contributed by atoms with Gasteiger partial charge >= 0.3 is 6.18 Å². The lowest BCUT2D eigenvalue weighted by Gasteiger charge is -2.08. The average Bonchev–Trinajstić information content (AvgIpc) is 2.37. The lowest BCUT2D eigenvalue weighted by Crippen LogP contribution is -2.04. The molecule has 0 bridgehead atoms. The Bertz CT molecular complexity index is 506. The van der Waals surface area contributed by atoms with E-state index in [1.165, 1.54) is 23.9 Å². The molecule has 4 heteroatoms. The van der Waals surface area contributed by atoms with Crippen LogP contribution in [0.1, 0.15) is 11.1 Å². The average molecular weight is 267 g/mol. The molecule has 0 aromatic heterocycles. The molecule has 0 unspecified atom stereocenters. The van der Waals surface area contributed by atoms with Gasteiger partial charge in [-0.1, -0.05) is 30.3 Å². The summed E-state index contributed by atoms with van der Waals surface area (Å²) in [4.78, 5) is 1.02. The molecule has 0 saturated heterocycles. The van der Waals surface area contributed by atoms with Crippen LogP contribution < -0.4 is 0 Å². The predicted octanol–water partition coefficient (Wildman–Crippen LogP) is 4.80. The normalized spacial score (nSPS) is 11.5. The van der Waals surface area contributed by atoms with E-state index in [0.29, 0.717) is 11.3 Å². The van der Waals surface area contributed by atoms with Gasteiger partial charge in [0.2, 0.25) is 0 Å². The Hall–Kier alpha value is -1.42. The largest absolute Gasteiger partial charge is 0.416 e. The van der Waals surface area contributed by atoms with Crippen LogP contribution in [0.2, 0.25) is 0 Å². The first-order valence-electron chi connectivity index (χ1n) is 5.31. The molecule has 0 aliphatic rings. The molecule has 0 fully saturated rings. The molecule has 1 radical (unpaired) electrons. The molecule has 93 valence electrons. The summed E-state index contributed by atoms with van der Waals surface area (Å²) in [6.07, 6.45) is -4.28. The monoisotopic (exact) mass is 267 g/mol. The van der Waals surface area contributed by atoms with Crippen molar-refractivity contribution in [1.82, 2.24) is 0 Å². The number of halogens is 3. The smallest absolute Gasteiger partial charge is 0.166 e. The second-order valence-electron chi connectivity index (χ2n) is 3.72. The zero-order chi connectivity index (χ0) is 13.0. The summed E-state index contributed by atoms with van der Waals surface area (Å²) in [6.45, 7) is 0. The van der Waals surface area contributed by atoms with Crippen molar-refractivity contribution >= 4 is 11.8 Å². The van der Waals surface area contributed by atoms with Gasteiger partial charge in [0.15, 0.2) is 0 Å². The molecule has 0 saturated carbocycles. The zero-order valence-corrected chi connectivity index (χ0v) is 10.2. The first-order valence-corrected chi connectivity index (χ1v) is 6.29. The van der Waals surface area contributed by atoms with Crippen LogP contribution in [-0.4, -0.2) is 0 Å². The molecule has 18 heavy (non-hydrogen) atoms. The summed E-state index contributed by atoms with van der Waals surface area (Å²) in [5, 5.41) is 0. The highest BCUT2D eigenvalue weighted by Gasteiger charge is 2.30. The number of alkyl halides is 3. The molecular weight excluding hydrogens is 257 g/mol. The van der Waals surface area contributed by atoms with E-state index < -0.39 is 11.7 Å². The first kappa shape index (κ1) is 13.0. The fourth-order valence-electron chi connectivity index (χ4n) is 1.47. The fraction of sp³-hybridized carbons (Fsp3) is 0.143. The van der Waals surface area contributed by atoms with Crippen LogP contribution in [0.15, 0.2) is 53.4 Å². The molecule has 2 aromatic rings. The van der Waals surface area contributed by atoms with E-state index in [4.69, 9.17) is 0 Å². The van der Waals surface area contributed by atoms with Gasteiger partial charge in [0, 0.05) is 10.6 Å². The lowest BCUT2D eigenvalue weighted by molar-refractivity contribution is -0.137. The van der Waals surface area contributed by atoms with Gasteiger partial charge in [0.1, 0.15) is 0 Å². The third kappa shape index (κ3) is 3.53. The van der Waals surface area contributed by atoms with E-state index in [9.17, 15) is 13.2 Å². The van der Waals surface area contributed by atoms with Crippen molar-refractivity contribution in [3.63, 3.8) is 0 Å². The van der Waals surface area contributed by atoms with Crippen molar-refractivity contribution < 1.29 is 13.2 Å². The van der Waals surface area contributed by atoms with Crippen molar-refractivity contribution in [2.45, 2.75) is 16.8 Å². The second kappa shape index (κ2) is 5.48. The van der Waals surface area contributed by atoms with Crippen molar-refractivity contribution in [2.75, 3.05) is 0 Å². The van der Waals surface area contributed by atoms with Gasteiger partial charge in [-0.05, 0) is 29.8 Å². The van der Waals surface area contributed by atoms with Crippen LogP contribution >= 0.6 is 11.8 Å². The van der Waals surface area contributed by atoms with Crippen molar-refractivity contribution in [2.24, 2.45) is 0 Å². The summed E-state index contributed by atoms with van der Waals surface area (Å²) < 4.78 is 37.6. The van der Waals surface area contributed by atoms with E-state index >= 15 is 0 Å². The Balaban J connectivity index is 2.06. The molecule has 2 aromatic carbocycles. The Morgan fingerprint density at radius 1 is 1.06 bits per heavy atom. The van der Waals surface area contributed by atoms with E-state index in [0.717, 1.165) is 11.0 Å². The molecule has 0 nitrogen and oxygen atoms in total.